The Hall–Kier alpha value is -1.85. The number of nitrogens with one attached hydrogen (secondary N) is 2. The minimum atomic E-state index is -0.800. The van der Waals surface area contributed by atoms with Crippen molar-refractivity contribution in [2.75, 3.05) is 6.54 Å². The predicted octanol–water partition coefficient (Wildman–Crippen LogP) is 1.35. The topological polar surface area (TPSA) is 95.1 Å². The van der Waals surface area contributed by atoms with Gasteiger partial charge in [0.05, 0.1) is 11.8 Å². The number of rotatable bonds is 5. The number of carbonyl (C=O) groups excluding carboxylic acids is 1. The van der Waals surface area contributed by atoms with Gasteiger partial charge in [-0.05, 0) is 37.7 Å². The molecule has 20 heavy (non-hydrogen) atoms. The first-order valence-electron chi connectivity index (χ1n) is 7.00. The lowest BCUT2D eigenvalue weighted by molar-refractivity contribution is -0.151. The molecule has 1 fully saturated rings. The molecule has 1 aliphatic rings. The molecule has 0 aromatic carbocycles. The molecule has 110 valence electrons. The van der Waals surface area contributed by atoms with Gasteiger partial charge in [-0.3, -0.25) is 14.7 Å². The van der Waals surface area contributed by atoms with Crippen LogP contribution in [-0.4, -0.2) is 33.7 Å². The van der Waals surface area contributed by atoms with E-state index in [1.54, 1.807) is 12.3 Å². The molecule has 1 aliphatic carbocycles. The highest BCUT2D eigenvalue weighted by molar-refractivity contribution is 5.80. The van der Waals surface area contributed by atoms with Crippen LogP contribution in [0.25, 0.3) is 0 Å². The average molecular weight is 279 g/mol. The maximum atomic E-state index is 11.8. The third-order valence-corrected chi connectivity index (χ3v) is 4.22. The molecule has 0 bridgehead atoms. The molecule has 1 heterocycles. The SMILES string of the molecule is CC1CCC(CNC(=O)Cc2ccn[nH]2)(C(=O)O)CC1. The number of amides is 1. The largest absolute Gasteiger partial charge is 0.481 e. The van der Waals surface area contributed by atoms with Gasteiger partial charge in [0, 0.05) is 18.4 Å². The minimum Gasteiger partial charge on any atom is -0.481 e. The van der Waals surface area contributed by atoms with E-state index in [9.17, 15) is 14.7 Å². The highest BCUT2D eigenvalue weighted by atomic mass is 16.4. The van der Waals surface area contributed by atoms with Crippen LogP contribution < -0.4 is 5.32 Å². The van der Waals surface area contributed by atoms with Crippen molar-refractivity contribution in [1.29, 1.82) is 0 Å². The van der Waals surface area contributed by atoms with Crippen LogP contribution in [0.4, 0.5) is 0 Å². The van der Waals surface area contributed by atoms with Crippen LogP contribution in [0.3, 0.4) is 0 Å². The Morgan fingerprint density at radius 1 is 1.50 bits per heavy atom. The van der Waals surface area contributed by atoms with E-state index in [0.29, 0.717) is 18.8 Å². The van der Waals surface area contributed by atoms with Crippen molar-refractivity contribution in [3.05, 3.63) is 18.0 Å². The van der Waals surface area contributed by atoms with Gasteiger partial charge in [0.25, 0.3) is 0 Å². The lowest BCUT2D eigenvalue weighted by Gasteiger charge is -2.35. The number of hydrogen-bond acceptors (Lipinski definition) is 3. The molecule has 6 heteroatoms. The lowest BCUT2D eigenvalue weighted by Crippen LogP contribution is -2.45. The zero-order valence-corrected chi connectivity index (χ0v) is 11.7. The highest BCUT2D eigenvalue weighted by Crippen LogP contribution is 2.38. The van der Waals surface area contributed by atoms with Crippen LogP contribution in [0.5, 0.6) is 0 Å². The van der Waals surface area contributed by atoms with Gasteiger partial charge in [-0.25, -0.2) is 0 Å². The first-order valence-corrected chi connectivity index (χ1v) is 7.00. The van der Waals surface area contributed by atoms with E-state index in [1.165, 1.54) is 0 Å². The first-order chi connectivity index (χ1) is 9.52. The molecule has 0 atom stereocenters. The lowest BCUT2D eigenvalue weighted by atomic mass is 9.71. The van der Waals surface area contributed by atoms with Crippen LogP contribution >= 0.6 is 0 Å². The Balaban J connectivity index is 1.89. The summed E-state index contributed by atoms with van der Waals surface area (Å²) in [6.45, 7) is 2.35. The second-order valence-electron chi connectivity index (χ2n) is 5.80. The molecule has 1 aromatic rings. The van der Waals surface area contributed by atoms with Crippen molar-refractivity contribution in [2.45, 2.75) is 39.0 Å². The molecule has 0 unspecified atom stereocenters. The number of hydrogen-bond donors (Lipinski definition) is 3. The Kier molecular flexibility index (Phi) is 4.42. The fourth-order valence-corrected chi connectivity index (χ4v) is 2.67. The summed E-state index contributed by atoms with van der Waals surface area (Å²) in [4.78, 5) is 23.4. The summed E-state index contributed by atoms with van der Waals surface area (Å²) in [5, 5.41) is 18.7. The third kappa shape index (κ3) is 3.37. The van der Waals surface area contributed by atoms with E-state index in [2.05, 4.69) is 22.4 Å². The van der Waals surface area contributed by atoms with Gasteiger partial charge in [-0.1, -0.05) is 6.92 Å². The number of carboxylic acids is 1. The highest BCUT2D eigenvalue weighted by Gasteiger charge is 2.41. The van der Waals surface area contributed by atoms with Crippen molar-refractivity contribution in [1.82, 2.24) is 15.5 Å². The van der Waals surface area contributed by atoms with E-state index in [-0.39, 0.29) is 18.9 Å². The molecular weight excluding hydrogens is 258 g/mol. The van der Waals surface area contributed by atoms with Crippen LogP contribution in [0.1, 0.15) is 38.3 Å². The summed E-state index contributed by atoms with van der Waals surface area (Å²) in [6, 6.07) is 1.73. The predicted molar refractivity (Wildman–Crippen MR) is 73.0 cm³/mol. The first kappa shape index (κ1) is 14.6. The van der Waals surface area contributed by atoms with Crippen molar-refractivity contribution < 1.29 is 14.7 Å². The fraction of sp³-hybridized carbons (Fsp3) is 0.643. The number of carbonyl (C=O) groups is 2. The number of aromatic amines is 1. The summed E-state index contributed by atoms with van der Waals surface area (Å²) in [7, 11) is 0. The van der Waals surface area contributed by atoms with Gasteiger partial charge < -0.3 is 10.4 Å². The van der Waals surface area contributed by atoms with Gasteiger partial charge in [0.1, 0.15) is 0 Å². The van der Waals surface area contributed by atoms with Crippen LogP contribution in [-0.2, 0) is 16.0 Å². The van der Waals surface area contributed by atoms with E-state index in [0.717, 1.165) is 18.5 Å². The molecular formula is C14H21N3O3. The van der Waals surface area contributed by atoms with Crippen LogP contribution in [0, 0.1) is 11.3 Å². The normalized spacial score (nSPS) is 26.1. The maximum Gasteiger partial charge on any atom is 0.311 e. The number of nitrogens with zero attached hydrogens (tertiary/aromatic N) is 1. The molecule has 6 nitrogen and oxygen atoms in total. The van der Waals surface area contributed by atoms with E-state index in [4.69, 9.17) is 0 Å². The maximum absolute atomic E-state index is 11.8. The summed E-state index contributed by atoms with van der Waals surface area (Å²) >= 11 is 0. The molecule has 0 saturated heterocycles. The molecule has 2 rings (SSSR count). The molecule has 1 aromatic heterocycles. The van der Waals surface area contributed by atoms with E-state index >= 15 is 0 Å². The standard InChI is InChI=1S/C14H21N3O3/c1-10-2-5-14(6-3-10,13(19)20)9-15-12(18)8-11-4-7-16-17-11/h4,7,10H,2-3,5-6,8-9H2,1H3,(H,15,18)(H,16,17)(H,19,20). The Morgan fingerprint density at radius 3 is 2.75 bits per heavy atom. The summed E-state index contributed by atoms with van der Waals surface area (Å²) in [5.74, 6) is -0.400. The monoisotopic (exact) mass is 279 g/mol. The summed E-state index contributed by atoms with van der Waals surface area (Å²) in [5.41, 5.74) is -0.0694. The summed E-state index contributed by atoms with van der Waals surface area (Å²) < 4.78 is 0. The van der Waals surface area contributed by atoms with Crippen molar-refractivity contribution in [3.63, 3.8) is 0 Å². The van der Waals surface area contributed by atoms with Gasteiger partial charge in [0.2, 0.25) is 5.91 Å². The number of carboxylic acid groups (broad SMARTS) is 1. The third-order valence-electron chi connectivity index (χ3n) is 4.22. The molecule has 1 saturated carbocycles. The summed E-state index contributed by atoms with van der Waals surface area (Å²) in [6.07, 6.45) is 4.86. The van der Waals surface area contributed by atoms with Gasteiger partial charge >= 0.3 is 5.97 Å². The molecule has 0 radical (unpaired) electrons. The van der Waals surface area contributed by atoms with E-state index < -0.39 is 11.4 Å². The molecule has 0 aliphatic heterocycles. The number of aromatic nitrogens is 2. The number of H-pyrrole nitrogens is 1. The fourth-order valence-electron chi connectivity index (χ4n) is 2.67. The number of aliphatic carboxylic acids is 1. The quantitative estimate of drug-likeness (QED) is 0.758. The van der Waals surface area contributed by atoms with Gasteiger partial charge in [-0.15, -0.1) is 0 Å². The van der Waals surface area contributed by atoms with Crippen LogP contribution in [0.15, 0.2) is 12.3 Å². The van der Waals surface area contributed by atoms with E-state index in [1.807, 2.05) is 0 Å². The van der Waals surface area contributed by atoms with Crippen molar-refractivity contribution in [3.8, 4) is 0 Å². The zero-order chi connectivity index (χ0) is 14.6. The molecule has 3 N–H and O–H groups in total. The van der Waals surface area contributed by atoms with Gasteiger partial charge in [0.15, 0.2) is 0 Å². The van der Waals surface area contributed by atoms with Crippen LogP contribution in [0.2, 0.25) is 0 Å². The Bertz CT molecular complexity index is 462. The Morgan fingerprint density at radius 2 is 2.20 bits per heavy atom. The molecule has 1 amide bonds. The second kappa shape index (κ2) is 6.07. The van der Waals surface area contributed by atoms with Gasteiger partial charge in [-0.2, -0.15) is 5.10 Å². The molecule has 0 spiro atoms. The average Bonchev–Trinajstić information content (AvgIpc) is 2.91. The minimum absolute atomic E-state index is 0.173. The van der Waals surface area contributed by atoms with Crippen molar-refractivity contribution in [2.24, 2.45) is 11.3 Å². The second-order valence-corrected chi connectivity index (χ2v) is 5.80. The Labute approximate surface area is 118 Å². The zero-order valence-electron chi connectivity index (χ0n) is 11.7. The van der Waals surface area contributed by atoms with Crippen molar-refractivity contribution >= 4 is 11.9 Å². The smallest absolute Gasteiger partial charge is 0.311 e.